The van der Waals surface area contributed by atoms with Gasteiger partial charge in [-0.2, -0.15) is 9.97 Å². The molecule has 0 saturated carbocycles. The van der Waals surface area contributed by atoms with E-state index in [1.165, 1.54) is 4.88 Å². The van der Waals surface area contributed by atoms with Gasteiger partial charge < -0.3 is 29.3 Å². The Balaban J connectivity index is 1.35. The number of methoxy groups -OCH3 is 1. The fourth-order valence-corrected chi connectivity index (χ4v) is 6.13. The molecule has 0 aliphatic carbocycles. The summed E-state index contributed by atoms with van der Waals surface area (Å²) in [5.41, 5.74) is 3.68. The van der Waals surface area contributed by atoms with Gasteiger partial charge in [0.25, 0.3) is 0 Å². The molecular formula is C30H36N6O3S. The molecule has 210 valence electrons. The maximum atomic E-state index is 5.97. The molecule has 1 N–H and O–H groups in total. The Morgan fingerprint density at radius 3 is 2.55 bits per heavy atom. The number of pyridine rings is 1. The third-order valence-corrected chi connectivity index (χ3v) is 8.19. The highest BCUT2D eigenvalue weighted by Gasteiger charge is 2.26. The normalized spacial score (nSPS) is 19.8. The number of nitrogens with one attached hydrogen (secondary N) is 1. The molecule has 1 aromatic carbocycles. The Morgan fingerprint density at radius 2 is 1.80 bits per heavy atom. The van der Waals surface area contributed by atoms with Gasteiger partial charge in [0.2, 0.25) is 5.95 Å². The molecule has 4 aromatic rings. The summed E-state index contributed by atoms with van der Waals surface area (Å²) >= 11 is 1.76. The van der Waals surface area contributed by atoms with Gasteiger partial charge in [-0.15, -0.1) is 11.3 Å². The van der Waals surface area contributed by atoms with E-state index in [-0.39, 0.29) is 12.2 Å². The molecule has 2 atom stereocenters. The van der Waals surface area contributed by atoms with Crippen LogP contribution < -0.4 is 19.9 Å². The van der Waals surface area contributed by atoms with Gasteiger partial charge in [-0.25, -0.2) is 4.98 Å². The molecular weight excluding hydrogens is 524 g/mol. The van der Waals surface area contributed by atoms with Gasteiger partial charge in [0, 0.05) is 55.3 Å². The van der Waals surface area contributed by atoms with Crippen LogP contribution in [0.3, 0.4) is 0 Å². The first kappa shape index (κ1) is 26.9. The molecule has 40 heavy (non-hydrogen) atoms. The summed E-state index contributed by atoms with van der Waals surface area (Å²) in [5, 5.41) is 6.59. The number of thiophene rings is 1. The van der Waals surface area contributed by atoms with E-state index in [0.29, 0.717) is 31.4 Å². The van der Waals surface area contributed by atoms with Crippen LogP contribution in [-0.4, -0.2) is 73.7 Å². The summed E-state index contributed by atoms with van der Waals surface area (Å²) in [6.07, 6.45) is 0.223. The standard InChI is InChI=1S/C30H36N6O3S/c1-20-18-36(19-21(2)39-20)30-33-28-25(29(34-30)35-10-12-38-13-11-35)7-8-26(32-28)22-6-9-27(37-3)23(15-22)16-31-17-24-5-4-14-40-24/h4-9,14-15,20-21,31H,10-13,16-19H2,1-3H3/t20-,21+. The van der Waals surface area contributed by atoms with Crippen molar-refractivity contribution in [2.24, 2.45) is 0 Å². The monoisotopic (exact) mass is 560 g/mol. The van der Waals surface area contributed by atoms with Crippen molar-refractivity contribution >= 4 is 34.1 Å². The summed E-state index contributed by atoms with van der Waals surface area (Å²) in [7, 11) is 1.71. The zero-order chi connectivity index (χ0) is 27.5. The van der Waals surface area contributed by atoms with Crippen molar-refractivity contribution in [3.05, 3.63) is 58.3 Å². The van der Waals surface area contributed by atoms with E-state index in [1.807, 2.05) is 6.07 Å². The summed E-state index contributed by atoms with van der Waals surface area (Å²) in [5.74, 6) is 2.48. The van der Waals surface area contributed by atoms with E-state index in [1.54, 1.807) is 18.4 Å². The number of anilines is 2. The molecule has 2 aliphatic heterocycles. The van der Waals surface area contributed by atoms with E-state index in [4.69, 9.17) is 29.2 Å². The molecule has 2 fully saturated rings. The summed E-state index contributed by atoms with van der Waals surface area (Å²) in [6.45, 7) is 10.2. The fourth-order valence-electron chi connectivity index (χ4n) is 5.45. The zero-order valence-electron chi connectivity index (χ0n) is 23.3. The van der Waals surface area contributed by atoms with Gasteiger partial charge >= 0.3 is 0 Å². The molecule has 0 amide bonds. The smallest absolute Gasteiger partial charge is 0.229 e. The minimum absolute atomic E-state index is 0.111. The predicted molar refractivity (Wildman–Crippen MR) is 159 cm³/mol. The van der Waals surface area contributed by atoms with Crippen LogP contribution in [0.15, 0.2) is 47.8 Å². The zero-order valence-corrected chi connectivity index (χ0v) is 24.1. The lowest BCUT2D eigenvalue weighted by Crippen LogP contribution is -2.46. The molecule has 3 aromatic heterocycles. The molecule has 10 heteroatoms. The number of hydrogen-bond donors (Lipinski definition) is 1. The maximum Gasteiger partial charge on any atom is 0.229 e. The average molecular weight is 561 g/mol. The van der Waals surface area contributed by atoms with Crippen molar-refractivity contribution in [2.45, 2.75) is 39.1 Å². The van der Waals surface area contributed by atoms with Gasteiger partial charge in [-0.1, -0.05) is 6.07 Å². The van der Waals surface area contributed by atoms with E-state index in [0.717, 1.165) is 66.5 Å². The first-order valence-corrected chi connectivity index (χ1v) is 14.8. The van der Waals surface area contributed by atoms with Crippen LogP contribution in [0.4, 0.5) is 11.8 Å². The second-order valence-electron chi connectivity index (χ2n) is 10.4. The third kappa shape index (κ3) is 5.90. The molecule has 5 heterocycles. The van der Waals surface area contributed by atoms with Crippen molar-refractivity contribution < 1.29 is 14.2 Å². The number of ether oxygens (including phenoxy) is 3. The van der Waals surface area contributed by atoms with Crippen LogP contribution in [0.5, 0.6) is 5.75 Å². The van der Waals surface area contributed by atoms with Crippen molar-refractivity contribution in [2.75, 3.05) is 56.3 Å². The van der Waals surface area contributed by atoms with Crippen LogP contribution in [0, 0.1) is 0 Å². The lowest BCUT2D eigenvalue weighted by molar-refractivity contribution is -0.00570. The average Bonchev–Trinajstić information content (AvgIpc) is 3.50. The Bertz CT molecular complexity index is 1430. The highest BCUT2D eigenvalue weighted by Crippen LogP contribution is 2.31. The van der Waals surface area contributed by atoms with Gasteiger partial charge in [0.1, 0.15) is 11.6 Å². The Hall–Kier alpha value is -3.31. The maximum absolute atomic E-state index is 5.97. The Labute approximate surface area is 239 Å². The lowest BCUT2D eigenvalue weighted by Gasteiger charge is -2.36. The first-order valence-electron chi connectivity index (χ1n) is 13.9. The molecule has 2 saturated heterocycles. The number of benzene rings is 1. The lowest BCUT2D eigenvalue weighted by atomic mass is 10.1. The molecule has 6 rings (SSSR count). The molecule has 0 radical (unpaired) electrons. The minimum atomic E-state index is 0.111. The van der Waals surface area contributed by atoms with Gasteiger partial charge in [0.15, 0.2) is 5.65 Å². The van der Waals surface area contributed by atoms with Crippen molar-refractivity contribution in [1.82, 2.24) is 20.3 Å². The van der Waals surface area contributed by atoms with Crippen LogP contribution in [0.2, 0.25) is 0 Å². The largest absolute Gasteiger partial charge is 0.496 e. The number of rotatable bonds is 8. The van der Waals surface area contributed by atoms with Crippen molar-refractivity contribution in [3.63, 3.8) is 0 Å². The summed E-state index contributed by atoms with van der Waals surface area (Å²) in [4.78, 5) is 21.0. The van der Waals surface area contributed by atoms with E-state index < -0.39 is 0 Å². The van der Waals surface area contributed by atoms with E-state index in [2.05, 4.69) is 70.7 Å². The van der Waals surface area contributed by atoms with Crippen LogP contribution in [0.1, 0.15) is 24.3 Å². The highest BCUT2D eigenvalue weighted by atomic mass is 32.1. The van der Waals surface area contributed by atoms with E-state index >= 15 is 0 Å². The molecule has 0 spiro atoms. The predicted octanol–water partition coefficient (Wildman–Crippen LogP) is 4.50. The van der Waals surface area contributed by atoms with Crippen molar-refractivity contribution in [3.8, 4) is 17.0 Å². The SMILES string of the molecule is COc1ccc(-c2ccc3c(N4CCOCC4)nc(N4C[C@@H](C)O[C@@H](C)C4)nc3n2)cc1CNCc1cccs1. The summed E-state index contributed by atoms with van der Waals surface area (Å²) in [6, 6.07) is 14.6. The minimum Gasteiger partial charge on any atom is -0.496 e. The quantitative estimate of drug-likeness (QED) is 0.335. The number of hydrogen-bond acceptors (Lipinski definition) is 10. The fraction of sp³-hybridized carbons (Fsp3) is 0.433. The van der Waals surface area contributed by atoms with Crippen LogP contribution in [-0.2, 0) is 22.6 Å². The molecule has 0 bridgehead atoms. The van der Waals surface area contributed by atoms with Crippen LogP contribution >= 0.6 is 11.3 Å². The first-order chi connectivity index (χ1) is 19.6. The molecule has 0 unspecified atom stereocenters. The number of aromatic nitrogens is 3. The van der Waals surface area contributed by atoms with E-state index in [9.17, 15) is 0 Å². The van der Waals surface area contributed by atoms with Crippen molar-refractivity contribution in [1.29, 1.82) is 0 Å². The third-order valence-electron chi connectivity index (χ3n) is 7.31. The number of fused-ring (bicyclic) bond motifs is 1. The topological polar surface area (TPSA) is 84.9 Å². The van der Waals surface area contributed by atoms with Crippen LogP contribution in [0.25, 0.3) is 22.3 Å². The second-order valence-corrected chi connectivity index (χ2v) is 11.4. The molecule has 9 nitrogen and oxygen atoms in total. The Morgan fingerprint density at radius 1 is 0.975 bits per heavy atom. The Kier molecular flexibility index (Phi) is 8.10. The molecule has 2 aliphatic rings. The summed E-state index contributed by atoms with van der Waals surface area (Å²) < 4.78 is 17.3. The van der Waals surface area contributed by atoms with Gasteiger partial charge in [-0.05, 0) is 55.6 Å². The second kappa shape index (κ2) is 12.1. The number of nitrogens with zero attached hydrogens (tertiary/aromatic N) is 5. The van der Waals surface area contributed by atoms with Gasteiger partial charge in [0.05, 0.1) is 43.6 Å². The number of morpholine rings is 2. The van der Waals surface area contributed by atoms with Gasteiger partial charge in [-0.3, -0.25) is 0 Å². The highest BCUT2D eigenvalue weighted by molar-refractivity contribution is 7.09.